The van der Waals surface area contributed by atoms with Crippen LogP contribution in [0.1, 0.15) is 23.5 Å². The molecule has 3 rings (SSSR count). The standard InChI is InChI=1S/C25H25F3N2O7S/c1-36-22(33)19(29-23(34)25(26,27)28)10-11-38-13-20(21(31)32)30-24(35)37-12-18-16-8-4-2-6-14(16)15-7-3-5-9-17(15)18/h2-9,18-20H,10-13H2,1H3,(H,29,34)(H,30,35)(H,31,32)/t19-,20+/m1/s1. The van der Waals surface area contributed by atoms with Crippen molar-refractivity contribution < 1.29 is 46.9 Å². The Bertz CT molecular complexity index is 1150. The van der Waals surface area contributed by atoms with Crippen LogP contribution in [0, 0.1) is 0 Å². The van der Waals surface area contributed by atoms with Crippen LogP contribution in [-0.4, -0.2) is 72.5 Å². The molecule has 1 aliphatic carbocycles. The minimum Gasteiger partial charge on any atom is -0.480 e. The summed E-state index contributed by atoms with van der Waals surface area (Å²) in [5.74, 6) is -5.10. The van der Waals surface area contributed by atoms with E-state index >= 15 is 0 Å². The number of thioether (sulfide) groups is 1. The van der Waals surface area contributed by atoms with Crippen molar-refractivity contribution in [3.8, 4) is 11.1 Å². The van der Waals surface area contributed by atoms with Gasteiger partial charge in [-0.3, -0.25) is 4.79 Å². The number of aliphatic carboxylic acids is 1. The highest BCUT2D eigenvalue weighted by atomic mass is 32.2. The SMILES string of the molecule is COC(=O)[C@@H](CCSC[C@H](NC(=O)OCC1c2ccccc2-c2ccccc21)C(=O)O)NC(=O)C(F)(F)F. The maximum Gasteiger partial charge on any atom is 0.471 e. The van der Waals surface area contributed by atoms with Gasteiger partial charge in [0.15, 0.2) is 0 Å². The van der Waals surface area contributed by atoms with Crippen molar-refractivity contribution in [2.75, 3.05) is 25.2 Å². The van der Waals surface area contributed by atoms with E-state index in [2.05, 4.69) is 10.1 Å². The lowest BCUT2D eigenvalue weighted by molar-refractivity contribution is -0.175. The zero-order valence-electron chi connectivity index (χ0n) is 20.1. The van der Waals surface area contributed by atoms with E-state index in [0.29, 0.717) is 0 Å². The first kappa shape index (κ1) is 28.8. The molecule has 0 spiro atoms. The zero-order valence-corrected chi connectivity index (χ0v) is 20.9. The Hall–Kier alpha value is -3.74. The number of carbonyl (C=O) groups excluding carboxylic acids is 3. The van der Waals surface area contributed by atoms with Crippen LogP contribution in [0.4, 0.5) is 18.0 Å². The van der Waals surface area contributed by atoms with Crippen molar-refractivity contribution in [1.29, 1.82) is 0 Å². The first-order valence-electron chi connectivity index (χ1n) is 11.4. The van der Waals surface area contributed by atoms with Crippen LogP contribution < -0.4 is 10.6 Å². The molecule has 2 amide bonds. The third kappa shape index (κ3) is 7.18. The average Bonchev–Trinajstić information content (AvgIpc) is 3.20. The Morgan fingerprint density at radius 1 is 0.974 bits per heavy atom. The Labute approximate surface area is 220 Å². The number of alkyl carbamates (subject to hydrolysis) is 1. The highest BCUT2D eigenvalue weighted by Gasteiger charge is 2.41. The summed E-state index contributed by atoms with van der Waals surface area (Å²) in [4.78, 5) is 46.9. The van der Waals surface area contributed by atoms with Gasteiger partial charge in [0.1, 0.15) is 18.7 Å². The van der Waals surface area contributed by atoms with Gasteiger partial charge in [0.2, 0.25) is 0 Å². The number of ether oxygens (including phenoxy) is 2. The molecule has 3 N–H and O–H groups in total. The summed E-state index contributed by atoms with van der Waals surface area (Å²) in [6.45, 7) is -0.0148. The molecule has 0 fully saturated rings. The van der Waals surface area contributed by atoms with Gasteiger partial charge in [0.25, 0.3) is 0 Å². The summed E-state index contributed by atoms with van der Waals surface area (Å²) < 4.78 is 47.3. The Morgan fingerprint density at radius 3 is 2.08 bits per heavy atom. The number of amides is 2. The number of carbonyl (C=O) groups is 4. The lowest BCUT2D eigenvalue weighted by Crippen LogP contribution is -2.47. The Morgan fingerprint density at radius 2 is 1.55 bits per heavy atom. The number of hydrogen-bond donors (Lipinski definition) is 3. The van der Waals surface area contributed by atoms with E-state index in [1.807, 2.05) is 48.5 Å². The van der Waals surface area contributed by atoms with Crippen LogP contribution in [0.5, 0.6) is 0 Å². The van der Waals surface area contributed by atoms with Gasteiger partial charge < -0.3 is 25.2 Å². The highest BCUT2D eigenvalue weighted by Crippen LogP contribution is 2.44. The second-order valence-electron chi connectivity index (χ2n) is 8.27. The van der Waals surface area contributed by atoms with Gasteiger partial charge in [-0.05, 0) is 34.4 Å². The number of esters is 1. The maximum atomic E-state index is 12.5. The molecule has 0 saturated carbocycles. The molecular formula is C25H25F3N2O7S. The molecule has 0 aromatic heterocycles. The van der Waals surface area contributed by atoms with E-state index in [1.54, 1.807) is 5.32 Å². The number of fused-ring (bicyclic) bond motifs is 3. The Kier molecular flexibility index (Phi) is 9.61. The van der Waals surface area contributed by atoms with Gasteiger partial charge in [-0.1, -0.05) is 48.5 Å². The summed E-state index contributed by atoms with van der Waals surface area (Å²) >= 11 is 0.956. The van der Waals surface area contributed by atoms with Gasteiger partial charge in [-0.15, -0.1) is 0 Å². The van der Waals surface area contributed by atoms with Crippen molar-refractivity contribution in [3.05, 3.63) is 59.7 Å². The topological polar surface area (TPSA) is 131 Å². The van der Waals surface area contributed by atoms with Crippen LogP contribution in [0.2, 0.25) is 0 Å². The van der Waals surface area contributed by atoms with Gasteiger partial charge in [0, 0.05) is 11.7 Å². The minimum absolute atomic E-state index is 0.00590. The van der Waals surface area contributed by atoms with Gasteiger partial charge in [-0.2, -0.15) is 24.9 Å². The molecule has 13 heteroatoms. The lowest BCUT2D eigenvalue weighted by atomic mass is 9.98. The van der Waals surface area contributed by atoms with Crippen LogP contribution >= 0.6 is 11.8 Å². The normalized spacial score (nSPS) is 14.0. The quantitative estimate of drug-likeness (QED) is 0.285. The van der Waals surface area contributed by atoms with E-state index in [1.165, 1.54) is 0 Å². The number of hydrogen-bond acceptors (Lipinski definition) is 7. The molecule has 9 nitrogen and oxygen atoms in total. The molecule has 1 aliphatic rings. The summed E-state index contributed by atoms with van der Waals surface area (Å²) in [5, 5.41) is 13.3. The third-order valence-electron chi connectivity index (χ3n) is 5.82. The number of nitrogens with one attached hydrogen (secondary N) is 2. The molecular weight excluding hydrogens is 529 g/mol. The van der Waals surface area contributed by atoms with E-state index in [4.69, 9.17) is 4.74 Å². The first-order valence-corrected chi connectivity index (χ1v) is 12.6. The fourth-order valence-electron chi connectivity index (χ4n) is 3.99. The molecule has 2 aromatic carbocycles. The van der Waals surface area contributed by atoms with Crippen LogP contribution in [0.3, 0.4) is 0 Å². The number of rotatable bonds is 11. The number of methoxy groups -OCH3 is 1. The molecule has 204 valence electrons. The third-order valence-corrected chi connectivity index (χ3v) is 6.91. The van der Waals surface area contributed by atoms with E-state index in [-0.39, 0.29) is 30.5 Å². The number of halogens is 3. The molecule has 0 unspecified atom stereocenters. The number of benzene rings is 2. The lowest BCUT2D eigenvalue weighted by Gasteiger charge is -2.19. The minimum atomic E-state index is -5.18. The van der Waals surface area contributed by atoms with Crippen molar-refractivity contribution in [1.82, 2.24) is 10.6 Å². The van der Waals surface area contributed by atoms with Crippen molar-refractivity contribution >= 4 is 35.7 Å². The van der Waals surface area contributed by atoms with E-state index in [0.717, 1.165) is 41.1 Å². The largest absolute Gasteiger partial charge is 0.480 e. The summed E-state index contributed by atoms with van der Waals surface area (Å²) in [5.41, 5.74) is 4.05. The number of carboxylic acid groups (broad SMARTS) is 1. The summed E-state index contributed by atoms with van der Waals surface area (Å²) in [6, 6.07) is 12.5. The van der Waals surface area contributed by atoms with Gasteiger partial charge in [-0.25, -0.2) is 14.4 Å². The second-order valence-corrected chi connectivity index (χ2v) is 9.42. The predicted octanol–water partition coefficient (Wildman–Crippen LogP) is 3.32. The van der Waals surface area contributed by atoms with Crippen molar-refractivity contribution in [3.63, 3.8) is 0 Å². The molecule has 2 atom stereocenters. The highest BCUT2D eigenvalue weighted by molar-refractivity contribution is 7.99. The predicted molar refractivity (Wildman–Crippen MR) is 132 cm³/mol. The Balaban J connectivity index is 1.51. The van der Waals surface area contributed by atoms with Crippen LogP contribution in [-0.2, 0) is 23.9 Å². The zero-order chi connectivity index (χ0) is 27.9. The second kappa shape index (κ2) is 12.7. The molecule has 38 heavy (non-hydrogen) atoms. The molecule has 0 aliphatic heterocycles. The van der Waals surface area contributed by atoms with Crippen LogP contribution in [0.25, 0.3) is 11.1 Å². The average molecular weight is 555 g/mol. The first-order chi connectivity index (χ1) is 18.0. The summed E-state index contributed by atoms with van der Waals surface area (Å²) in [7, 11) is 0.959. The smallest absolute Gasteiger partial charge is 0.471 e. The molecule has 0 radical (unpaired) electrons. The van der Waals surface area contributed by atoms with Crippen molar-refractivity contribution in [2.24, 2.45) is 0 Å². The van der Waals surface area contributed by atoms with Crippen LogP contribution in [0.15, 0.2) is 48.5 Å². The van der Waals surface area contributed by atoms with Gasteiger partial charge >= 0.3 is 30.1 Å². The van der Waals surface area contributed by atoms with E-state index in [9.17, 15) is 37.5 Å². The van der Waals surface area contributed by atoms with E-state index < -0.39 is 42.2 Å². The van der Waals surface area contributed by atoms with Gasteiger partial charge in [0.05, 0.1) is 7.11 Å². The fourth-order valence-corrected chi connectivity index (χ4v) is 5.02. The monoisotopic (exact) mass is 554 g/mol. The van der Waals surface area contributed by atoms with Crippen molar-refractivity contribution in [2.45, 2.75) is 30.6 Å². The number of carboxylic acids is 1. The summed E-state index contributed by atoms with van der Waals surface area (Å²) in [6.07, 6.45) is -6.37. The fraction of sp³-hybridized carbons (Fsp3) is 0.360. The maximum absolute atomic E-state index is 12.5. The molecule has 0 saturated heterocycles. The molecule has 2 aromatic rings. The molecule has 0 heterocycles. The molecule has 0 bridgehead atoms. The number of alkyl halides is 3.